The highest BCUT2D eigenvalue weighted by Gasteiger charge is 2.36. The maximum atomic E-state index is 12.9. The molecule has 0 atom stereocenters. The molecule has 1 aromatic rings. The van der Waals surface area contributed by atoms with Crippen LogP contribution in [-0.4, -0.2) is 118 Å². The number of carbonyl (C=O) groups is 1. The van der Waals surface area contributed by atoms with Crippen molar-refractivity contribution in [3.63, 3.8) is 0 Å². The van der Waals surface area contributed by atoms with Crippen LogP contribution in [0.3, 0.4) is 0 Å². The van der Waals surface area contributed by atoms with Gasteiger partial charge in [-0.15, -0.1) is 0 Å². The van der Waals surface area contributed by atoms with Gasteiger partial charge < -0.3 is 29.9 Å². The van der Waals surface area contributed by atoms with Gasteiger partial charge in [-0.3, -0.25) is 14.7 Å². The molecule has 0 unspecified atom stereocenters. The van der Waals surface area contributed by atoms with Gasteiger partial charge in [0.05, 0.1) is 12.2 Å². The zero-order valence-electron chi connectivity index (χ0n) is 40.1. The molecule has 3 aliphatic rings. The summed E-state index contributed by atoms with van der Waals surface area (Å²) in [5.74, 6) is 1.29. The number of ether oxygens (including phenoxy) is 2. The molecule has 4 rings (SSSR count). The number of nitrogens with zero attached hydrogens (tertiary/aromatic N) is 4. The summed E-state index contributed by atoms with van der Waals surface area (Å²) in [7, 11) is 0. The third-order valence-electron chi connectivity index (χ3n) is 13.3. The Bertz CT molecular complexity index is 1390. The molecule has 0 bridgehead atoms. The molecule has 9 nitrogen and oxygen atoms in total. The summed E-state index contributed by atoms with van der Waals surface area (Å²) >= 11 is 0. The Labute approximate surface area is 356 Å². The Morgan fingerprint density at radius 1 is 0.759 bits per heavy atom. The highest BCUT2D eigenvalue weighted by Crippen LogP contribution is 2.34. The van der Waals surface area contributed by atoms with E-state index in [1.165, 1.54) is 19.3 Å². The van der Waals surface area contributed by atoms with Crippen LogP contribution in [0.1, 0.15) is 180 Å². The average Bonchev–Trinajstić information content (AvgIpc) is 3.11. The molecule has 0 aromatic carbocycles. The van der Waals surface area contributed by atoms with E-state index in [1.54, 1.807) is 0 Å². The van der Waals surface area contributed by atoms with Crippen LogP contribution in [0.2, 0.25) is 0 Å². The largest absolute Gasteiger partial charge is 0.490 e. The van der Waals surface area contributed by atoms with Crippen molar-refractivity contribution in [3.05, 3.63) is 24.0 Å². The maximum absolute atomic E-state index is 12.9. The quantitative estimate of drug-likeness (QED) is 0.119. The Hall–Kier alpha value is -1.78. The van der Waals surface area contributed by atoms with Crippen LogP contribution in [0, 0.1) is 5.41 Å². The molecule has 0 spiro atoms. The summed E-state index contributed by atoms with van der Waals surface area (Å²) in [6.07, 6.45) is 14.9. The molecule has 58 heavy (non-hydrogen) atoms. The predicted octanol–water partition coefficient (Wildman–Crippen LogP) is 9.37. The van der Waals surface area contributed by atoms with Gasteiger partial charge in [-0.1, -0.05) is 41.0 Å². The van der Waals surface area contributed by atoms with Gasteiger partial charge in [-0.2, -0.15) is 0 Å². The third-order valence-corrected chi connectivity index (χ3v) is 13.3. The Balaban J connectivity index is 1.09. The topological polar surface area (TPSA) is 82.2 Å². The molecule has 1 aromatic heterocycles. The minimum Gasteiger partial charge on any atom is -0.490 e. The van der Waals surface area contributed by atoms with E-state index in [-0.39, 0.29) is 33.7 Å². The summed E-state index contributed by atoms with van der Waals surface area (Å²) in [5, 5.41) is 7.74. The fourth-order valence-corrected chi connectivity index (χ4v) is 9.06. The van der Waals surface area contributed by atoms with E-state index in [0.29, 0.717) is 29.8 Å². The monoisotopic (exact) mass is 811 g/mol. The number of hydrogen-bond donors (Lipinski definition) is 2. The summed E-state index contributed by atoms with van der Waals surface area (Å²) in [6.45, 7) is 39.9. The van der Waals surface area contributed by atoms with Gasteiger partial charge in [0.2, 0.25) is 5.91 Å². The van der Waals surface area contributed by atoms with Crippen LogP contribution in [-0.2, 0) is 14.9 Å². The predicted molar refractivity (Wildman–Crippen MR) is 243 cm³/mol. The lowest BCUT2D eigenvalue weighted by Gasteiger charge is -2.46. The fourth-order valence-electron chi connectivity index (χ4n) is 9.06. The van der Waals surface area contributed by atoms with Gasteiger partial charge in [-0.25, -0.2) is 0 Å². The normalized spacial score (nSPS) is 21.3. The lowest BCUT2D eigenvalue weighted by Crippen LogP contribution is -2.57. The first-order valence-electron chi connectivity index (χ1n) is 23.4. The lowest BCUT2D eigenvalue weighted by atomic mass is 9.81. The first-order valence-corrected chi connectivity index (χ1v) is 23.4. The average molecular weight is 811 g/mol. The second-order valence-electron chi connectivity index (χ2n) is 23.3. The Morgan fingerprint density at radius 3 is 2.03 bits per heavy atom. The number of piperazine rings is 1. The summed E-state index contributed by atoms with van der Waals surface area (Å²) < 4.78 is 12.9. The van der Waals surface area contributed by atoms with Gasteiger partial charge in [0.25, 0.3) is 0 Å². The second-order valence-corrected chi connectivity index (χ2v) is 23.3. The minimum absolute atomic E-state index is 0.0727. The summed E-state index contributed by atoms with van der Waals surface area (Å²) in [6, 6.07) is 5.26. The van der Waals surface area contributed by atoms with Gasteiger partial charge in [-0.05, 0) is 151 Å². The van der Waals surface area contributed by atoms with Crippen LogP contribution in [0.15, 0.2) is 18.3 Å². The number of piperidine rings is 1. The van der Waals surface area contributed by atoms with E-state index in [4.69, 9.17) is 14.5 Å². The molecule has 1 saturated carbocycles. The second kappa shape index (κ2) is 20.4. The van der Waals surface area contributed by atoms with Crippen LogP contribution in [0.5, 0.6) is 5.75 Å². The van der Waals surface area contributed by atoms with E-state index in [0.717, 1.165) is 115 Å². The van der Waals surface area contributed by atoms with E-state index in [2.05, 4.69) is 128 Å². The number of rotatable bonds is 21. The van der Waals surface area contributed by atoms with Crippen molar-refractivity contribution < 1.29 is 14.3 Å². The van der Waals surface area contributed by atoms with Crippen LogP contribution >= 0.6 is 0 Å². The van der Waals surface area contributed by atoms with Crippen molar-refractivity contribution in [2.45, 2.75) is 220 Å². The highest BCUT2D eigenvalue weighted by molar-refractivity contribution is 5.76. The number of hydrogen-bond acceptors (Lipinski definition) is 8. The molecule has 1 aliphatic carbocycles. The molecule has 2 saturated heterocycles. The number of likely N-dealkylation sites (tertiary alicyclic amines) is 1. The van der Waals surface area contributed by atoms with E-state index in [1.807, 2.05) is 12.3 Å². The lowest BCUT2D eigenvalue weighted by molar-refractivity contribution is -0.134. The molecular weight excluding hydrogens is 721 g/mol. The van der Waals surface area contributed by atoms with E-state index < -0.39 is 0 Å². The molecule has 2 N–H and O–H groups in total. The number of unbranched alkanes of at least 4 members (excludes halogenated alkanes) is 1. The Morgan fingerprint density at radius 2 is 1.41 bits per heavy atom. The van der Waals surface area contributed by atoms with Crippen molar-refractivity contribution in [2.75, 3.05) is 52.4 Å². The molecule has 334 valence electrons. The molecule has 2 aliphatic heterocycles. The standard InChI is InChI=1S/C49H90N6O3/c1-44(2,3)21-16-15-17-43(56)54-29-31-55(32-30-54)48(11,12)24-23-47(9,10)52-38-19-27-53(28-20-38)33-34-57-49(13,14)25-22-46(7,8)42-37-40(18-26-50-42)58-41-35-39(36-41)51-45(4,5)6/h18,26,37-39,41,51-52H,15-17,19-25,27-36H2,1-14H3/t39-,41+. The minimum atomic E-state index is -0.194. The van der Waals surface area contributed by atoms with Gasteiger partial charge in [0, 0.05) is 91.2 Å². The SMILES string of the molecule is CC(C)(C)CCCCC(=O)N1CCN(C(C)(C)CCC(C)(C)NC2CCN(CCOC(C)(C)CCC(C)(C)c3cc(O[C@H]4C[C@@H](NC(C)(C)C)C4)ccn3)CC2)CC1. The van der Waals surface area contributed by atoms with Crippen LogP contribution in [0.25, 0.3) is 0 Å². The number of nitrogens with one attached hydrogen (secondary N) is 2. The summed E-state index contributed by atoms with van der Waals surface area (Å²) in [5.41, 5.74) is 1.52. The zero-order chi connectivity index (χ0) is 43.0. The first-order chi connectivity index (χ1) is 26.8. The maximum Gasteiger partial charge on any atom is 0.222 e. The molecule has 9 heteroatoms. The molecule has 3 heterocycles. The van der Waals surface area contributed by atoms with Crippen molar-refractivity contribution in [2.24, 2.45) is 5.41 Å². The molecule has 0 radical (unpaired) electrons. The number of amides is 1. The molecular formula is C49H90N6O3. The molecule has 3 fully saturated rings. The van der Waals surface area contributed by atoms with E-state index in [9.17, 15) is 4.79 Å². The van der Waals surface area contributed by atoms with Crippen molar-refractivity contribution in [3.8, 4) is 5.75 Å². The van der Waals surface area contributed by atoms with Crippen molar-refractivity contribution in [1.82, 2.24) is 30.3 Å². The van der Waals surface area contributed by atoms with Crippen molar-refractivity contribution in [1.29, 1.82) is 0 Å². The van der Waals surface area contributed by atoms with Gasteiger partial charge in [0.15, 0.2) is 0 Å². The number of carbonyl (C=O) groups excluding carboxylic acids is 1. The van der Waals surface area contributed by atoms with Gasteiger partial charge >= 0.3 is 0 Å². The van der Waals surface area contributed by atoms with Crippen LogP contribution in [0.4, 0.5) is 0 Å². The van der Waals surface area contributed by atoms with E-state index >= 15 is 0 Å². The smallest absolute Gasteiger partial charge is 0.222 e. The summed E-state index contributed by atoms with van der Waals surface area (Å²) in [4.78, 5) is 25.0. The zero-order valence-corrected chi connectivity index (χ0v) is 40.1. The Kier molecular flexibility index (Phi) is 17.2. The van der Waals surface area contributed by atoms with Gasteiger partial charge in [0.1, 0.15) is 11.9 Å². The third kappa shape index (κ3) is 16.9. The fraction of sp³-hybridized carbons (Fsp3) is 0.878. The highest BCUT2D eigenvalue weighted by atomic mass is 16.5. The first kappa shape index (κ1) is 48.9. The van der Waals surface area contributed by atoms with Crippen molar-refractivity contribution >= 4 is 5.91 Å². The van der Waals surface area contributed by atoms with Crippen LogP contribution < -0.4 is 15.4 Å². The number of pyridine rings is 1. The molecule has 1 amide bonds. The number of aromatic nitrogens is 1.